The van der Waals surface area contributed by atoms with Crippen LogP contribution >= 0.6 is 0 Å². The van der Waals surface area contributed by atoms with E-state index in [1.807, 2.05) is 6.08 Å². The SMILES string of the molecule is CC1(C)C(=O)C(C#N)=C[C@]2(C)C3=CC4=N[C@]45C4CC6(CC6)CC[C@]4(NCCCS(C)(=O)=NC#N)CC[C@@]5(C)[C@]3(C)CC[C@@H]12. The highest BCUT2D eigenvalue weighted by atomic mass is 32.2. The van der Waals surface area contributed by atoms with Gasteiger partial charge in [0.1, 0.15) is 11.6 Å². The highest BCUT2D eigenvalue weighted by Gasteiger charge is 2.79. The summed E-state index contributed by atoms with van der Waals surface area (Å²) < 4.78 is 16.3. The number of allylic oxidation sites excluding steroid dienone is 3. The second-order valence-electron chi connectivity index (χ2n) is 16.6. The van der Waals surface area contributed by atoms with Crippen molar-refractivity contribution in [3.63, 3.8) is 0 Å². The number of aliphatic imine (C=N–C) groups is 1. The lowest BCUT2D eigenvalue weighted by Crippen LogP contribution is -2.72. The van der Waals surface area contributed by atoms with Crippen LogP contribution in [0.3, 0.4) is 0 Å². The molecule has 8 heteroatoms. The number of Topliss-reactive ketones (excluding diaryl/α,β-unsaturated/α-hetero) is 1. The Morgan fingerprint density at radius 2 is 1.74 bits per heavy atom. The molecule has 0 saturated heterocycles. The van der Waals surface area contributed by atoms with Gasteiger partial charge in [0.15, 0.2) is 5.78 Å². The van der Waals surface area contributed by atoms with Crippen LogP contribution in [0.25, 0.3) is 0 Å². The minimum atomic E-state index is -2.46. The molecule has 7 aliphatic rings. The van der Waals surface area contributed by atoms with Crippen molar-refractivity contribution in [2.45, 2.75) is 110 Å². The summed E-state index contributed by atoms with van der Waals surface area (Å²) in [5.74, 6) is 1.01. The molecule has 0 aromatic carbocycles. The van der Waals surface area contributed by atoms with Gasteiger partial charge in [-0.1, -0.05) is 46.3 Å². The Balaban J connectivity index is 1.27. The monoisotopic (exact) mass is 601 g/mol. The fourth-order valence-electron chi connectivity index (χ4n) is 11.6. The summed E-state index contributed by atoms with van der Waals surface area (Å²) in [5, 5.41) is 23.0. The van der Waals surface area contributed by atoms with E-state index >= 15 is 0 Å². The highest BCUT2D eigenvalue weighted by molar-refractivity contribution is 7.92. The van der Waals surface area contributed by atoms with Crippen molar-refractivity contribution in [3.8, 4) is 12.3 Å². The number of hydrogen-bond donors (Lipinski definition) is 1. The third-order valence-corrected chi connectivity index (χ3v) is 15.9. The number of nitrogens with one attached hydrogen (secondary N) is 1. The summed E-state index contributed by atoms with van der Waals surface area (Å²) in [6.07, 6.45) is 19.0. The molecule has 2 unspecified atom stereocenters. The fraction of sp³-hybridized carbons (Fsp3) is 0.771. The number of rotatable bonds is 5. The number of nitrogens with zero attached hydrogens (tertiary/aromatic N) is 4. The summed E-state index contributed by atoms with van der Waals surface area (Å²) in [4.78, 5) is 18.9. The Bertz CT molecular complexity index is 1630. The van der Waals surface area contributed by atoms with E-state index in [1.165, 1.54) is 43.4 Å². The summed E-state index contributed by atoms with van der Waals surface area (Å²) in [5.41, 5.74) is 2.24. The van der Waals surface area contributed by atoms with Gasteiger partial charge in [0.25, 0.3) is 0 Å². The molecule has 1 aliphatic heterocycles. The van der Waals surface area contributed by atoms with Crippen LogP contribution in [0.4, 0.5) is 0 Å². The maximum absolute atomic E-state index is 13.4. The minimum absolute atomic E-state index is 0.00698. The molecule has 0 radical (unpaired) electrons. The Labute approximate surface area is 257 Å². The quantitative estimate of drug-likeness (QED) is 0.294. The van der Waals surface area contributed by atoms with Gasteiger partial charge in [-0.25, -0.2) is 4.21 Å². The van der Waals surface area contributed by atoms with Gasteiger partial charge < -0.3 is 5.32 Å². The lowest BCUT2D eigenvalue weighted by atomic mass is 9.34. The Morgan fingerprint density at radius 1 is 1.05 bits per heavy atom. The normalized spacial score (nSPS) is 45.6. The number of carbonyl (C=O) groups is 1. The summed E-state index contributed by atoms with van der Waals surface area (Å²) in [6.45, 7) is 12.2. The third-order valence-electron chi connectivity index (χ3n) is 14.4. The minimum Gasteiger partial charge on any atom is -0.311 e. The molecule has 0 aromatic heterocycles. The third kappa shape index (κ3) is 3.63. The van der Waals surface area contributed by atoms with E-state index in [9.17, 15) is 14.3 Å². The molecule has 0 bridgehead atoms. The van der Waals surface area contributed by atoms with Gasteiger partial charge >= 0.3 is 0 Å². The Hall–Kier alpha value is -2.29. The molecular weight excluding hydrogens is 554 g/mol. The maximum Gasteiger partial charge on any atom is 0.214 e. The number of fused-ring (bicyclic) bond motifs is 5. The second-order valence-corrected chi connectivity index (χ2v) is 19.1. The lowest BCUT2D eigenvalue weighted by molar-refractivity contribution is -0.135. The predicted molar refractivity (Wildman–Crippen MR) is 168 cm³/mol. The molecule has 8 atom stereocenters. The van der Waals surface area contributed by atoms with Crippen LogP contribution < -0.4 is 5.32 Å². The van der Waals surface area contributed by atoms with Gasteiger partial charge in [-0.2, -0.15) is 10.5 Å². The first-order valence-electron chi connectivity index (χ1n) is 16.4. The van der Waals surface area contributed by atoms with E-state index in [1.54, 1.807) is 12.4 Å². The van der Waals surface area contributed by atoms with E-state index in [2.05, 4.69) is 56.4 Å². The first-order chi connectivity index (χ1) is 20.1. The molecule has 43 heavy (non-hydrogen) atoms. The first-order valence-corrected chi connectivity index (χ1v) is 18.5. The van der Waals surface area contributed by atoms with E-state index in [4.69, 9.17) is 10.3 Å². The molecule has 7 nitrogen and oxygen atoms in total. The van der Waals surface area contributed by atoms with E-state index in [0.29, 0.717) is 22.7 Å². The van der Waals surface area contributed by atoms with Gasteiger partial charge in [0.2, 0.25) is 6.19 Å². The van der Waals surface area contributed by atoms with Crippen LogP contribution in [0.2, 0.25) is 0 Å². The molecule has 1 heterocycles. The second kappa shape index (κ2) is 8.70. The molecule has 4 saturated carbocycles. The van der Waals surface area contributed by atoms with Crippen molar-refractivity contribution in [2.75, 3.05) is 18.6 Å². The number of nitriles is 2. The van der Waals surface area contributed by atoms with Gasteiger partial charge in [0.05, 0.1) is 21.0 Å². The van der Waals surface area contributed by atoms with Gasteiger partial charge in [0, 0.05) is 39.7 Å². The topological polar surface area (TPSA) is 118 Å². The van der Waals surface area contributed by atoms with Crippen molar-refractivity contribution in [1.29, 1.82) is 10.5 Å². The lowest BCUT2D eigenvalue weighted by Gasteiger charge is -2.69. The zero-order valence-electron chi connectivity index (χ0n) is 26.8. The van der Waals surface area contributed by atoms with E-state index < -0.39 is 15.1 Å². The Kier molecular flexibility index (Phi) is 5.95. The summed E-state index contributed by atoms with van der Waals surface area (Å²) in [6, 6.07) is 2.27. The number of carbonyl (C=O) groups excluding carboxylic acids is 1. The molecule has 1 N–H and O–H groups in total. The zero-order chi connectivity index (χ0) is 30.9. The standard InChI is InChI=1S/C35H47N5O2S/c1-29(2)24-8-9-31(4)25(30(24,3)19-23(21-36)28(29)41)18-27-35(40-27)26-20-33(11-12-33)13-15-34(26,14-10-32(31,35)5)38-16-7-17-43(6,42)39-22-37/h18-19,24,26,38H,7-17,20H2,1-6H3/t24-,26?,30-,31+,32-,34+,35+,43?/m0/s1. The number of hydrogen-bond acceptors (Lipinski definition) is 7. The average Bonchev–Trinajstić information content (AvgIpc) is 3.86. The van der Waals surface area contributed by atoms with Gasteiger partial charge in [-0.3, -0.25) is 9.79 Å². The smallest absolute Gasteiger partial charge is 0.214 e. The average molecular weight is 602 g/mol. The molecule has 0 amide bonds. The molecule has 2 spiro atoms. The van der Waals surface area contributed by atoms with Crippen molar-refractivity contribution >= 4 is 21.2 Å². The van der Waals surface area contributed by atoms with Crippen LogP contribution in [0.5, 0.6) is 0 Å². The van der Waals surface area contributed by atoms with Crippen LogP contribution in [0.1, 0.15) is 98.8 Å². The van der Waals surface area contributed by atoms with Crippen molar-refractivity contribution < 1.29 is 9.00 Å². The largest absolute Gasteiger partial charge is 0.311 e. The molecule has 6 aliphatic carbocycles. The molecular formula is C35H47N5O2S. The van der Waals surface area contributed by atoms with Crippen LogP contribution in [-0.2, 0) is 14.5 Å². The van der Waals surface area contributed by atoms with Crippen molar-refractivity contribution in [3.05, 3.63) is 23.3 Å². The molecule has 230 valence electrons. The van der Waals surface area contributed by atoms with Gasteiger partial charge in [-0.15, -0.1) is 4.36 Å². The summed E-state index contributed by atoms with van der Waals surface area (Å²) >= 11 is 0. The first kappa shape index (κ1) is 29.4. The van der Waals surface area contributed by atoms with Gasteiger partial charge in [-0.05, 0) is 93.6 Å². The maximum atomic E-state index is 13.4. The summed E-state index contributed by atoms with van der Waals surface area (Å²) in [7, 11) is -2.46. The predicted octanol–water partition coefficient (Wildman–Crippen LogP) is 6.28. The van der Waals surface area contributed by atoms with Crippen LogP contribution in [0.15, 0.2) is 32.7 Å². The van der Waals surface area contributed by atoms with E-state index in [-0.39, 0.29) is 39.0 Å². The van der Waals surface area contributed by atoms with Crippen LogP contribution in [-0.4, -0.2) is 45.3 Å². The highest BCUT2D eigenvalue weighted by Crippen LogP contribution is 2.79. The van der Waals surface area contributed by atoms with Crippen LogP contribution in [0, 0.1) is 61.7 Å². The number of ketones is 1. The van der Waals surface area contributed by atoms with Crippen molar-refractivity contribution in [2.24, 2.45) is 48.3 Å². The zero-order valence-corrected chi connectivity index (χ0v) is 27.6. The Morgan fingerprint density at radius 3 is 2.42 bits per heavy atom. The van der Waals surface area contributed by atoms with E-state index in [0.717, 1.165) is 38.6 Å². The molecule has 4 fully saturated rings. The molecule has 7 rings (SSSR count). The molecule has 0 aromatic rings. The van der Waals surface area contributed by atoms with Crippen molar-refractivity contribution in [1.82, 2.24) is 5.32 Å². The fourth-order valence-corrected chi connectivity index (χ4v) is 12.6.